The monoisotopic (exact) mass is 363 g/mol. The van der Waals surface area contributed by atoms with E-state index in [4.69, 9.17) is 14.6 Å². The second kappa shape index (κ2) is 9.46. The Kier molecular flexibility index (Phi) is 7.30. The summed E-state index contributed by atoms with van der Waals surface area (Å²) in [6.45, 7) is 6.92. The fourth-order valence-electron chi connectivity index (χ4n) is 3.39. The van der Waals surface area contributed by atoms with Crippen LogP contribution in [-0.2, 0) is 4.79 Å². The lowest BCUT2D eigenvalue weighted by molar-refractivity contribution is -0.139. The van der Waals surface area contributed by atoms with Gasteiger partial charge in [-0.15, -0.1) is 0 Å². The molecule has 1 amide bonds. The molecule has 0 aromatic heterocycles. The Hall–Kier alpha value is -2.24. The highest BCUT2D eigenvalue weighted by Gasteiger charge is 2.28. The van der Waals surface area contributed by atoms with Crippen molar-refractivity contribution in [2.45, 2.75) is 52.5 Å². The number of carboxylic acid groups (broad SMARTS) is 1. The molecule has 0 radical (unpaired) electrons. The summed E-state index contributed by atoms with van der Waals surface area (Å²) in [6.07, 6.45) is 4.23. The summed E-state index contributed by atoms with van der Waals surface area (Å²) in [5.41, 5.74) is 0.548. The maximum absolute atomic E-state index is 13.1. The number of likely N-dealkylation sites (tertiary alicyclic amines) is 1. The Bertz CT molecular complexity index is 629. The summed E-state index contributed by atoms with van der Waals surface area (Å²) >= 11 is 0. The number of benzene rings is 1. The quantitative estimate of drug-likeness (QED) is 0.764. The zero-order chi connectivity index (χ0) is 19.1. The van der Waals surface area contributed by atoms with Crippen molar-refractivity contribution in [3.63, 3.8) is 0 Å². The fraction of sp³-hybridized carbons (Fsp3) is 0.600. The van der Waals surface area contributed by atoms with E-state index in [9.17, 15) is 9.59 Å². The number of amides is 1. The van der Waals surface area contributed by atoms with Crippen molar-refractivity contribution < 1.29 is 24.2 Å². The molecule has 1 aromatic rings. The van der Waals surface area contributed by atoms with Gasteiger partial charge in [0.25, 0.3) is 5.91 Å². The van der Waals surface area contributed by atoms with E-state index in [1.807, 2.05) is 11.8 Å². The molecule has 0 bridgehead atoms. The number of carboxylic acids is 1. The van der Waals surface area contributed by atoms with Crippen molar-refractivity contribution in [1.82, 2.24) is 4.90 Å². The molecule has 0 saturated carbocycles. The summed E-state index contributed by atoms with van der Waals surface area (Å²) in [5.74, 6) is 0.220. The smallest absolute Gasteiger partial charge is 0.341 e. The van der Waals surface area contributed by atoms with Crippen LogP contribution in [0.4, 0.5) is 0 Å². The zero-order valence-electron chi connectivity index (χ0n) is 15.9. The first-order valence-electron chi connectivity index (χ1n) is 9.34. The van der Waals surface area contributed by atoms with Crippen LogP contribution < -0.4 is 9.47 Å². The Balaban J connectivity index is 2.21. The molecule has 1 aliphatic heterocycles. The second-order valence-electron chi connectivity index (χ2n) is 7.05. The first-order chi connectivity index (χ1) is 12.4. The Labute approximate surface area is 155 Å². The minimum absolute atomic E-state index is 0.00101. The largest absolute Gasteiger partial charge is 0.490 e. The van der Waals surface area contributed by atoms with Crippen LogP contribution in [0.15, 0.2) is 18.2 Å². The summed E-state index contributed by atoms with van der Waals surface area (Å²) in [6, 6.07) is 5.23. The van der Waals surface area contributed by atoms with Gasteiger partial charge in [0.2, 0.25) is 0 Å². The Morgan fingerprint density at radius 3 is 2.65 bits per heavy atom. The third-order valence-corrected chi connectivity index (χ3v) is 4.47. The van der Waals surface area contributed by atoms with Crippen molar-refractivity contribution in [2.75, 3.05) is 19.8 Å². The van der Waals surface area contributed by atoms with E-state index in [1.54, 1.807) is 18.2 Å². The van der Waals surface area contributed by atoms with Crippen LogP contribution in [0.2, 0.25) is 0 Å². The highest BCUT2D eigenvalue weighted by molar-refractivity contribution is 5.95. The molecule has 1 aromatic carbocycles. The predicted octanol–water partition coefficient (Wildman–Crippen LogP) is 3.59. The van der Waals surface area contributed by atoms with Gasteiger partial charge in [-0.25, -0.2) is 4.79 Å². The van der Waals surface area contributed by atoms with E-state index in [0.29, 0.717) is 29.6 Å². The molecule has 26 heavy (non-hydrogen) atoms. The lowest BCUT2D eigenvalue weighted by atomic mass is 9.93. The standard InChI is InChI=1S/C20H29NO5/c1-4-25-18-12-15(8-9-17(18)26-13-19(22)23)20(24)21-10-6-5-7-16(21)11-14(2)3/h8-9,12,14,16H,4-7,10-11,13H2,1-3H3,(H,22,23). The van der Waals surface area contributed by atoms with Gasteiger partial charge >= 0.3 is 5.97 Å². The van der Waals surface area contributed by atoms with Crippen molar-refractivity contribution in [1.29, 1.82) is 0 Å². The van der Waals surface area contributed by atoms with Crippen LogP contribution in [0.5, 0.6) is 11.5 Å². The van der Waals surface area contributed by atoms with Gasteiger partial charge in [0.05, 0.1) is 6.61 Å². The van der Waals surface area contributed by atoms with Gasteiger partial charge in [0, 0.05) is 18.2 Å². The number of hydrogen-bond donors (Lipinski definition) is 1. The lowest BCUT2D eigenvalue weighted by Gasteiger charge is -2.37. The molecule has 1 saturated heterocycles. The maximum atomic E-state index is 13.1. The number of rotatable bonds is 8. The molecule has 2 rings (SSSR count). The van der Waals surface area contributed by atoms with Gasteiger partial charge in [-0.3, -0.25) is 4.79 Å². The first-order valence-corrected chi connectivity index (χ1v) is 9.34. The van der Waals surface area contributed by atoms with Gasteiger partial charge in [-0.1, -0.05) is 13.8 Å². The molecule has 1 aliphatic rings. The van der Waals surface area contributed by atoms with Gasteiger partial charge < -0.3 is 19.5 Å². The van der Waals surface area contributed by atoms with Crippen LogP contribution >= 0.6 is 0 Å². The van der Waals surface area contributed by atoms with E-state index in [0.717, 1.165) is 32.2 Å². The van der Waals surface area contributed by atoms with E-state index in [2.05, 4.69) is 13.8 Å². The summed E-state index contributed by atoms with van der Waals surface area (Å²) in [5, 5.41) is 8.78. The van der Waals surface area contributed by atoms with Crippen molar-refractivity contribution >= 4 is 11.9 Å². The highest BCUT2D eigenvalue weighted by Crippen LogP contribution is 2.31. The number of carbonyl (C=O) groups is 2. The maximum Gasteiger partial charge on any atom is 0.341 e. The van der Waals surface area contributed by atoms with E-state index in [1.165, 1.54) is 0 Å². The topological polar surface area (TPSA) is 76.1 Å². The van der Waals surface area contributed by atoms with Crippen molar-refractivity contribution in [3.8, 4) is 11.5 Å². The summed E-state index contributed by atoms with van der Waals surface area (Å²) in [4.78, 5) is 25.8. The van der Waals surface area contributed by atoms with Crippen molar-refractivity contribution in [3.05, 3.63) is 23.8 Å². The van der Waals surface area contributed by atoms with Crippen LogP contribution in [0.25, 0.3) is 0 Å². The number of ether oxygens (including phenoxy) is 2. The molecular weight excluding hydrogens is 334 g/mol. The molecule has 1 atom stereocenters. The van der Waals surface area contributed by atoms with Crippen LogP contribution in [0.1, 0.15) is 56.8 Å². The summed E-state index contributed by atoms with van der Waals surface area (Å²) < 4.78 is 10.8. The molecule has 6 nitrogen and oxygen atoms in total. The van der Waals surface area contributed by atoms with E-state index >= 15 is 0 Å². The molecule has 144 valence electrons. The normalized spacial score (nSPS) is 17.2. The van der Waals surface area contributed by atoms with Crippen LogP contribution in [0.3, 0.4) is 0 Å². The molecule has 1 heterocycles. The van der Waals surface area contributed by atoms with E-state index in [-0.39, 0.29) is 11.9 Å². The van der Waals surface area contributed by atoms with Crippen LogP contribution in [0, 0.1) is 5.92 Å². The highest BCUT2D eigenvalue weighted by atomic mass is 16.5. The molecule has 0 spiro atoms. The van der Waals surface area contributed by atoms with Gasteiger partial charge in [-0.05, 0) is 56.7 Å². The van der Waals surface area contributed by atoms with Crippen LogP contribution in [-0.4, -0.2) is 47.7 Å². The van der Waals surface area contributed by atoms with Gasteiger partial charge in [0.15, 0.2) is 18.1 Å². The van der Waals surface area contributed by atoms with E-state index < -0.39 is 12.6 Å². The summed E-state index contributed by atoms with van der Waals surface area (Å²) in [7, 11) is 0. The fourth-order valence-corrected chi connectivity index (χ4v) is 3.39. The second-order valence-corrected chi connectivity index (χ2v) is 7.05. The molecule has 1 unspecified atom stereocenters. The Morgan fingerprint density at radius 1 is 1.23 bits per heavy atom. The minimum atomic E-state index is -1.06. The zero-order valence-corrected chi connectivity index (χ0v) is 15.9. The third-order valence-electron chi connectivity index (χ3n) is 4.47. The lowest BCUT2D eigenvalue weighted by Crippen LogP contribution is -2.44. The SMILES string of the molecule is CCOc1cc(C(=O)N2CCCCC2CC(C)C)ccc1OCC(=O)O. The molecular formula is C20H29NO5. The van der Waals surface area contributed by atoms with Gasteiger partial charge in [-0.2, -0.15) is 0 Å². The number of aliphatic carboxylic acids is 1. The molecule has 1 fully saturated rings. The molecule has 6 heteroatoms. The molecule has 0 aliphatic carbocycles. The first kappa shape index (κ1) is 20.1. The Morgan fingerprint density at radius 2 is 2.00 bits per heavy atom. The number of hydrogen-bond acceptors (Lipinski definition) is 4. The number of piperidine rings is 1. The third kappa shape index (κ3) is 5.38. The number of carbonyl (C=O) groups excluding carboxylic acids is 1. The molecule has 1 N–H and O–H groups in total. The average Bonchev–Trinajstić information content (AvgIpc) is 2.60. The predicted molar refractivity (Wildman–Crippen MR) is 98.9 cm³/mol. The average molecular weight is 363 g/mol. The van der Waals surface area contributed by atoms with Gasteiger partial charge in [0.1, 0.15) is 0 Å². The number of nitrogens with zero attached hydrogens (tertiary/aromatic N) is 1. The van der Waals surface area contributed by atoms with Crippen molar-refractivity contribution in [2.24, 2.45) is 5.92 Å². The minimum Gasteiger partial charge on any atom is -0.490 e.